The number of imidazole rings is 1. The second-order valence-corrected chi connectivity index (χ2v) is 7.79. The van der Waals surface area contributed by atoms with E-state index in [1.807, 2.05) is 0 Å². The average Bonchev–Trinajstić information content (AvgIpc) is 3.18. The summed E-state index contributed by atoms with van der Waals surface area (Å²) >= 11 is 0. The largest absolute Gasteiger partial charge is 0.448 e. The molecule has 1 aromatic heterocycles. The van der Waals surface area contributed by atoms with E-state index in [1.54, 1.807) is 0 Å². The minimum Gasteiger partial charge on any atom is -0.448 e. The van der Waals surface area contributed by atoms with Gasteiger partial charge >= 0.3 is 5.97 Å². The van der Waals surface area contributed by atoms with Gasteiger partial charge in [-0.15, -0.1) is 0 Å². The number of aromatic nitrogens is 2. The third kappa shape index (κ3) is 4.88. The highest BCUT2D eigenvalue weighted by Crippen LogP contribution is 2.16. The van der Waals surface area contributed by atoms with E-state index < -0.39 is 33.8 Å². The highest BCUT2D eigenvalue weighted by atomic mass is 32.2. The molecule has 0 saturated heterocycles. The van der Waals surface area contributed by atoms with Crippen LogP contribution in [0.2, 0.25) is 0 Å². The van der Waals surface area contributed by atoms with Crippen molar-refractivity contribution in [3.63, 3.8) is 0 Å². The average molecular weight is 432 g/mol. The number of amides is 1. The van der Waals surface area contributed by atoms with Gasteiger partial charge in [-0.1, -0.05) is 0 Å². The Kier molecular flexibility index (Phi) is 5.94. The van der Waals surface area contributed by atoms with Gasteiger partial charge in [-0.2, -0.15) is 0 Å². The minimum atomic E-state index is -3.85. The van der Waals surface area contributed by atoms with Crippen molar-refractivity contribution in [3.05, 3.63) is 72.6 Å². The third-order valence-electron chi connectivity index (χ3n) is 4.06. The topological polar surface area (TPSA) is 133 Å². The molecule has 0 aliphatic carbocycles. The molecule has 3 rings (SSSR count). The smallest absolute Gasteiger partial charge is 0.357 e. The molecule has 1 heterocycles. The molecule has 0 spiro atoms. The zero-order valence-corrected chi connectivity index (χ0v) is 16.5. The number of sulfonamides is 1. The van der Waals surface area contributed by atoms with E-state index in [2.05, 4.69) is 10.3 Å². The highest BCUT2D eigenvalue weighted by Gasteiger charge is 2.22. The second-order valence-electron chi connectivity index (χ2n) is 6.23. The Morgan fingerprint density at radius 1 is 1.13 bits per heavy atom. The summed E-state index contributed by atoms with van der Waals surface area (Å²) in [4.78, 5) is 28.6. The maximum absolute atomic E-state index is 13.1. The zero-order chi connectivity index (χ0) is 21.9. The van der Waals surface area contributed by atoms with Crippen LogP contribution in [0.1, 0.15) is 17.4 Å². The van der Waals surface area contributed by atoms with Crippen molar-refractivity contribution in [1.29, 1.82) is 0 Å². The Balaban J connectivity index is 1.67. The predicted molar refractivity (Wildman–Crippen MR) is 105 cm³/mol. The van der Waals surface area contributed by atoms with Crippen molar-refractivity contribution in [2.45, 2.75) is 17.9 Å². The molecular formula is C19H17FN4O5S. The molecule has 1 atom stereocenters. The van der Waals surface area contributed by atoms with Crippen LogP contribution in [0.5, 0.6) is 0 Å². The molecular weight excluding hydrogens is 415 g/mol. The third-order valence-corrected chi connectivity index (χ3v) is 4.99. The first kappa shape index (κ1) is 21.1. The lowest BCUT2D eigenvalue weighted by atomic mass is 10.3. The van der Waals surface area contributed by atoms with Gasteiger partial charge < -0.3 is 10.1 Å². The molecule has 0 saturated carbocycles. The Hall–Kier alpha value is -3.57. The number of nitrogens with two attached hydrogens (primary N) is 1. The van der Waals surface area contributed by atoms with Crippen LogP contribution < -0.4 is 10.5 Å². The number of ether oxygens (including phenoxy) is 1. The number of primary sulfonamides is 1. The number of hydrogen-bond acceptors (Lipinski definition) is 6. The number of halogens is 1. The van der Waals surface area contributed by atoms with Crippen molar-refractivity contribution < 1.29 is 27.1 Å². The van der Waals surface area contributed by atoms with Crippen molar-refractivity contribution in [2.75, 3.05) is 5.32 Å². The summed E-state index contributed by atoms with van der Waals surface area (Å²) < 4.78 is 42.2. The number of esters is 1. The number of hydrogen-bond donors (Lipinski definition) is 2. The molecule has 0 fully saturated rings. The summed E-state index contributed by atoms with van der Waals surface area (Å²) in [5.74, 6) is -1.85. The lowest BCUT2D eigenvalue weighted by Gasteiger charge is -2.14. The van der Waals surface area contributed by atoms with Gasteiger partial charge in [0.05, 0.1) is 17.4 Å². The van der Waals surface area contributed by atoms with Crippen molar-refractivity contribution in [3.8, 4) is 5.69 Å². The fourth-order valence-electron chi connectivity index (χ4n) is 2.50. The standard InChI is InChI=1S/C19H17FN4O5S/c1-12(18(25)23-14-4-8-16(9-5-14)30(21,27)28)29-19(26)17-10-22-11-24(17)15-6-2-13(20)3-7-15/h2-12H,1H3,(H,23,25)(H2,21,27,28)/t12-/m1/s1. The molecule has 1 amide bonds. The van der Waals surface area contributed by atoms with Crippen LogP contribution in [0, 0.1) is 5.82 Å². The van der Waals surface area contributed by atoms with E-state index in [1.165, 1.54) is 72.5 Å². The first-order valence-electron chi connectivity index (χ1n) is 8.58. The molecule has 3 aromatic rings. The van der Waals surface area contributed by atoms with Crippen molar-refractivity contribution in [2.24, 2.45) is 5.14 Å². The lowest BCUT2D eigenvalue weighted by molar-refractivity contribution is -0.123. The van der Waals surface area contributed by atoms with Gasteiger partial charge in [-0.3, -0.25) is 9.36 Å². The minimum absolute atomic E-state index is 0.0544. The van der Waals surface area contributed by atoms with Gasteiger partial charge in [0.2, 0.25) is 10.0 Å². The molecule has 0 aliphatic heterocycles. The molecule has 3 N–H and O–H groups in total. The summed E-state index contributed by atoms with van der Waals surface area (Å²) in [5.41, 5.74) is 0.846. The Bertz CT molecular complexity index is 1170. The van der Waals surface area contributed by atoms with E-state index in [0.29, 0.717) is 11.4 Å². The summed E-state index contributed by atoms with van der Waals surface area (Å²) in [6.45, 7) is 1.38. The van der Waals surface area contributed by atoms with E-state index >= 15 is 0 Å². The van der Waals surface area contributed by atoms with Gasteiger partial charge in [0.25, 0.3) is 5.91 Å². The monoisotopic (exact) mass is 432 g/mol. The van der Waals surface area contributed by atoms with E-state index in [0.717, 1.165) is 0 Å². The van der Waals surface area contributed by atoms with Crippen LogP contribution >= 0.6 is 0 Å². The quantitative estimate of drug-likeness (QED) is 0.571. The summed E-state index contributed by atoms with van der Waals surface area (Å²) in [7, 11) is -3.85. The lowest BCUT2D eigenvalue weighted by Crippen LogP contribution is -2.30. The molecule has 11 heteroatoms. The number of nitrogens with one attached hydrogen (secondary N) is 1. The first-order chi connectivity index (χ1) is 14.1. The fourth-order valence-corrected chi connectivity index (χ4v) is 3.02. The molecule has 2 aromatic carbocycles. The van der Waals surface area contributed by atoms with Crippen molar-refractivity contribution in [1.82, 2.24) is 9.55 Å². The van der Waals surface area contributed by atoms with Crippen LogP contribution in [0.25, 0.3) is 5.69 Å². The molecule has 156 valence electrons. The van der Waals surface area contributed by atoms with E-state index in [-0.39, 0.29) is 10.6 Å². The molecule has 0 bridgehead atoms. The maximum atomic E-state index is 13.1. The van der Waals surface area contributed by atoms with Crippen LogP contribution in [0.3, 0.4) is 0 Å². The molecule has 0 aliphatic rings. The number of carbonyl (C=O) groups is 2. The van der Waals surface area contributed by atoms with Gasteiger partial charge in [-0.05, 0) is 55.5 Å². The second kappa shape index (κ2) is 8.43. The van der Waals surface area contributed by atoms with Crippen molar-refractivity contribution >= 4 is 27.6 Å². The molecule has 30 heavy (non-hydrogen) atoms. The number of nitrogens with zero attached hydrogens (tertiary/aromatic N) is 2. The Labute approximate surface area is 171 Å². The molecule has 0 unspecified atom stereocenters. The van der Waals surface area contributed by atoms with Crippen LogP contribution in [0.15, 0.2) is 66.0 Å². The van der Waals surface area contributed by atoms with E-state index in [9.17, 15) is 22.4 Å². The SMILES string of the molecule is C[C@@H](OC(=O)c1cncn1-c1ccc(F)cc1)C(=O)Nc1ccc(S(N)(=O)=O)cc1. The number of anilines is 1. The maximum Gasteiger partial charge on any atom is 0.357 e. The van der Waals surface area contributed by atoms with Crippen LogP contribution in [-0.2, 0) is 19.6 Å². The number of benzene rings is 2. The zero-order valence-electron chi connectivity index (χ0n) is 15.7. The first-order valence-corrected chi connectivity index (χ1v) is 10.1. The summed E-state index contributed by atoms with van der Waals surface area (Å²) in [5, 5.41) is 7.53. The highest BCUT2D eigenvalue weighted by molar-refractivity contribution is 7.89. The fraction of sp³-hybridized carbons (Fsp3) is 0.105. The predicted octanol–water partition coefficient (Wildman–Crippen LogP) is 1.84. The van der Waals surface area contributed by atoms with Crippen LogP contribution in [-0.4, -0.2) is 35.9 Å². The number of rotatable bonds is 6. The van der Waals surface area contributed by atoms with Gasteiger partial charge in [0.1, 0.15) is 5.82 Å². The molecule has 0 radical (unpaired) electrons. The van der Waals surface area contributed by atoms with Crippen LogP contribution in [0.4, 0.5) is 10.1 Å². The van der Waals surface area contributed by atoms with Gasteiger partial charge in [-0.25, -0.2) is 27.7 Å². The normalized spacial score (nSPS) is 12.2. The summed E-state index contributed by atoms with van der Waals surface area (Å²) in [6, 6.07) is 10.6. The number of carbonyl (C=O) groups excluding carboxylic acids is 2. The molecule has 9 nitrogen and oxygen atoms in total. The Morgan fingerprint density at radius 2 is 1.77 bits per heavy atom. The summed E-state index contributed by atoms with van der Waals surface area (Å²) in [6.07, 6.45) is 1.47. The van der Waals surface area contributed by atoms with Gasteiger partial charge in [0, 0.05) is 11.4 Å². The van der Waals surface area contributed by atoms with Gasteiger partial charge in [0.15, 0.2) is 11.8 Å². The Morgan fingerprint density at radius 3 is 2.37 bits per heavy atom. The van der Waals surface area contributed by atoms with E-state index in [4.69, 9.17) is 9.88 Å².